The highest BCUT2D eigenvalue weighted by atomic mass is 32.2. The maximum atomic E-state index is 15.6. The van der Waals surface area contributed by atoms with E-state index in [0.29, 0.717) is 64.2 Å². The first-order valence-electron chi connectivity index (χ1n) is 44.3. The van der Waals surface area contributed by atoms with Crippen molar-refractivity contribution >= 4 is 140 Å². The lowest BCUT2D eigenvalue weighted by molar-refractivity contribution is -0.149. The van der Waals surface area contributed by atoms with E-state index in [2.05, 4.69) is 78.4 Å². The van der Waals surface area contributed by atoms with Gasteiger partial charge in [-0.2, -0.15) is 0 Å². The van der Waals surface area contributed by atoms with Crippen molar-refractivity contribution in [1.29, 1.82) is 0 Å². The molecular weight excluding hydrogens is 1750 g/mol. The van der Waals surface area contributed by atoms with Crippen LogP contribution in [0.5, 0.6) is 5.75 Å². The number of para-hydroxylation sites is 2. The molecule has 3 aromatic carbocycles. The average Bonchev–Trinajstić information content (AvgIpc) is 1.41. The molecule has 3 aromatic heterocycles. The summed E-state index contributed by atoms with van der Waals surface area (Å²) in [6.45, 7) is 4.87. The number of nitrogens with one attached hydrogen (secondary N) is 14. The van der Waals surface area contributed by atoms with Crippen molar-refractivity contribution in [2.45, 2.75) is 228 Å². The van der Waals surface area contributed by atoms with E-state index in [1.165, 1.54) is 78.7 Å². The van der Waals surface area contributed by atoms with Crippen molar-refractivity contribution in [2.75, 3.05) is 65.4 Å². The molecule has 0 radical (unpaired) electrons. The van der Waals surface area contributed by atoms with Crippen LogP contribution in [-0.4, -0.2) is 327 Å². The van der Waals surface area contributed by atoms with E-state index in [-0.39, 0.29) is 88.7 Å². The molecule has 6 heterocycles. The molecule has 6 aromatic rings. The van der Waals surface area contributed by atoms with Gasteiger partial charge >= 0.3 is 5.97 Å². The first-order chi connectivity index (χ1) is 63.4. The number of imidazole rings is 1. The van der Waals surface area contributed by atoms with Crippen molar-refractivity contribution < 1.29 is 107 Å². The highest BCUT2D eigenvalue weighted by Gasteiger charge is 2.47. The number of rotatable bonds is 24. The zero-order valence-electron chi connectivity index (χ0n) is 75.5. The number of hydrogen-bond acceptors (Lipinski definition) is 23. The molecule has 44 heteroatoms. The number of unbranched alkanes of at least 4 members (excludes halogenated alkanes) is 2. The molecule has 9 rings (SSSR count). The molecular formula is C89H121N21O22S. The van der Waals surface area contributed by atoms with Crippen molar-refractivity contribution in [2.24, 2.45) is 5.73 Å². The largest absolute Gasteiger partial charge is 0.508 e. The van der Waals surface area contributed by atoms with E-state index in [1.54, 1.807) is 60.9 Å². The molecule has 3 aliphatic heterocycles. The maximum absolute atomic E-state index is 15.6. The molecule has 17 amide bonds. The zero-order chi connectivity index (χ0) is 97.0. The topological polar surface area (TPSA) is 623 Å². The van der Waals surface area contributed by atoms with E-state index in [9.17, 15) is 73.2 Å². The Kier molecular flexibility index (Phi) is 38.1. The summed E-state index contributed by atoms with van der Waals surface area (Å²) in [4.78, 5) is 279. The van der Waals surface area contributed by atoms with Crippen LogP contribution in [0.1, 0.15) is 134 Å². The van der Waals surface area contributed by atoms with E-state index >= 15 is 33.6 Å². The standard InChI is InChI=1S/C89H121N21O22S/c1-9-11-24-69-82(125)97-48(3)76(119)105-68(78(121)95-42-73(90)115)45-133-46-74(116)98-64(33-51-27-29-55(113)30-28-51)85(128)106(6)49(4)77(120)102-66(38-75(117)118)88(131)109-32-18-26-70(109)83(126)101-63(36-54-41-91-47-96-54)80(123)99-61(23-17-31-92-50(5)112)87(130)110-43-56(114)37-72(110)84(127)100-62(34-52-39-93-59-21-15-13-19-57(52)59)79(122)104-67(44-111)81(124)103-65(35-53-40-94-60-22-16-14-20-58(53)60)86(129)108(8)71(25-12-10-2)89(132)107(69)7/h13-16,19-22,27-30,39-41,47-49,56,61-72,93-94,111,113-114H,9-12,17-18,23-26,31-38,42-46H2,1-8H3,(H2,90,115)(H,91,96)(H,92,112)(H,95,121)(H,97,125)(H,98,116)(H,99,123)(H,100,127)(H,101,126)(H,102,120)(H,103,124)(H,104,122)(H,105,119)(H,117,118)/t48-,49-,56+,61-,62-,63-,64-,65-,66-,67-,68-,69-,70-,71-,72-/m0/s1. The summed E-state index contributed by atoms with van der Waals surface area (Å²) < 4.78 is 0. The van der Waals surface area contributed by atoms with Gasteiger partial charge in [0, 0.05) is 132 Å². The Balaban J connectivity index is 1.09. The third-order valence-corrected chi connectivity index (χ3v) is 24.8. The number of phenols is 1. The monoisotopic (exact) mass is 1870 g/mol. The molecule has 43 nitrogen and oxygen atoms in total. The fraction of sp³-hybridized carbons (Fsp3) is 0.517. The van der Waals surface area contributed by atoms with E-state index in [0.717, 1.165) is 36.3 Å². The van der Waals surface area contributed by atoms with Crippen LogP contribution in [0.3, 0.4) is 0 Å². The molecule has 3 aliphatic rings. The number of fused-ring (bicyclic) bond motifs is 4. The van der Waals surface area contributed by atoms with Gasteiger partial charge in [-0.15, -0.1) is 11.8 Å². The van der Waals surface area contributed by atoms with Crippen LogP contribution in [0.15, 0.2) is 97.7 Å². The number of nitrogens with two attached hydrogens (primary N) is 1. The van der Waals surface area contributed by atoms with Crippen LogP contribution in [-0.2, 0) is 112 Å². The van der Waals surface area contributed by atoms with Gasteiger partial charge in [0.05, 0.1) is 37.8 Å². The van der Waals surface area contributed by atoms with Crippen molar-refractivity contribution in [1.82, 2.24) is 103 Å². The van der Waals surface area contributed by atoms with Crippen LogP contribution >= 0.6 is 11.8 Å². The Bertz CT molecular complexity index is 5170. The Hall–Kier alpha value is -13.5. The smallest absolute Gasteiger partial charge is 0.305 e. The summed E-state index contributed by atoms with van der Waals surface area (Å²) in [6, 6.07) is -2.73. The highest BCUT2D eigenvalue weighted by Crippen LogP contribution is 2.28. The zero-order valence-corrected chi connectivity index (χ0v) is 76.3. The molecule has 0 unspecified atom stereocenters. The van der Waals surface area contributed by atoms with Gasteiger partial charge in [0.1, 0.15) is 90.3 Å². The lowest BCUT2D eigenvalue weighted by Crippen LogP contribution is -2.61. The highest BCUT2D eigenvalue weighted by molar-refractivity contribution is 8.00. The lowest BCUT2D eigenvalue weighted by Gasteiger charge is -2.36. The Morgan fingerprint density at radius 2 is 1.10 bits per heavy atom. The van der Waals surface area contributed by atoms with Gasteiger partial charge < -0.3 is 124 Å². The van der Waals surface area contributed by atoms with E-state index < -0.39 is 241 Å². The number of aromatic amines is 3. The van der Waals surface area contributed by atoms with Crippen molar-refractivity contribution in [3.63, 3.8) is 0 Å². The summed E-state index contributed by atoms with van der Waals surface area (Å²) in [5.41, 5.74) is 8.25. The minimum absolute atomic E-state index is 0.00435. The predicted molar refractivity (Wildman–Crippen MR) is 483 cm³/mol. The number of carboxylic acid groups (broad SMARTS) is 1. The minimum atomic E-state index is -1.92. The number of thioether (sulfide) groups is 1. The molecule has 0 spiro atoms. The quantitative estimate of drug-likeness (QED) is 0.0274. The molecule has 3 saturated heterocycles. The molecule has 0 bridgehead atoms. The van der Waals surface area contributed by atoms with Crippen molar-refractivity contribution in [3.8, 4) is 5.75 Å². The summed E-state index contributed by atoms with van der Waals surface area (Å²) in [5, 5.41) is 72.9. The molecule has 0 saturated carbocycles. The molecule has 3 fully saturated rings. The second kappa shape index (κ2) is 49.1. The third-order valence-electron chi connectivity index (χ3n) is 23.8. The Labute approximate surface area is 771 Å². The Morgan fingerprint density at radius 3 is 1.70 bits per heavy atom. The van der Waals surface area contributed by atoms with Gasteiger partial charge in [-0.3, -0.25) is 86.3 Å². The van der Waals surface area contributed by atoms with Gasteiger partial charge in [-0.1, -0.05) is 88.1 Å². The van der Waals surface area contributed by atoms with Crippen molar-refractivity contribution in [3.05, 3.63) is 120 Å². The SMILES string of the molecule is CCCC[C@H]1C(=O)N(C)[C@@H](CCCC)C(=O)N[C@@H](C)C(=O)N[C@H](C(=O)NCC(N)=O)CSCC(=O)N[C@@H](Cc2ccc(O)cc2)C(=O)N(C)[C@@H](C)C(=O)N[C@@H](CC(=O)O)C(=O)N2CCC[C@H]2C(=O)N[C@@H](Cc2cnc[nH]2)C(=O)N[C@@H](CCCNC(C)=O)C(=O)N2C[C@H](O)C[C@H]2C(=O)N[C@@H](Cc2c[nH]c3ccccc23)C(=O)N[C@@H](CO)C(=O)N[C@@H](Cc2c[nH]c3ccccc23)C(=O)N1C. The first-order valence-corrected chi connectivity index (χ1v) is 45.4. The maximum Gasteiger partial charge on any atom is 0.305 e. The number of carbonyl (C=O) groups is 18. The molecule has 720 valence electrons. The average molecular weight is 1870 g/mol. The van der Waals surface area contributed by atoms with Gasteiger partial charge in [0.15, 0.2) is 0 Å². The number of likely N-dealkylation sites (N-methyl/N-ethyl adjacent to an activating group) is 3. The van der Waals surface area contributed by atoms with Crippen LogP contribution < -0.4 is 64.2 Å². The number of amides is 17. The number of phenolic OH excluding ortho intramolecular Hbond substituents is 1. The number of primary amides is 1. The van der Waals surface area contributed by atoms with Crippen LogP contribution in [0.25, 0.3) is 21.8 Å². The second-order valence-corrected chi connectivity index (χ2v) is 34.6. The summed E-state index contributed by atoms with van der Waals surface area (Å²) in [7, 11) is 3.87. The number of hydrogen-bond donors (Lipinski definition) is 19. The number of aliphatic hydroxyl groups excluding tert-OH is 2. The summed E-state index contributed by atoms with van der Waals surface area (Å²) in [5.74, 6) is -18.6. The predicted octanol–water partition coefficient (Wildman–Crippen LogP) is -2.70. The molecule has 15 atom stereocenters. The third kappa shape index (κ3) is 28.5. The number of aliphatic hydroxyl groups is 2. The normalized spacial score (nSPS) is 24.9. The second-order valence-electron chi connectivity index (χ2n) is 33.6. The fourth-order valence-corrected chi connectivity index (χ4v) is 17.1. The summed E-state index contributed by atoms with van der Waals surface area (Å²) >= 11 is 0.765. The number of benzene rings is 3. The number of aromatic hydroxyl groups is 1. The Morgan fingerprint density at radius 1 is 0.549 bits per heavy atom. The number of H-pyrrole nitrogens is 3. The van der Waals surface area contributed by atoms with Crippen LogP contribution in [0.4, 0.5) is 0 Å². The summed E-state index contributed by atoms with van der Waals surface area (Å²) in [6.07, 6.45) is 3.17. The first kappa shape index (κ1) is 103. The number of aliphatic carboxylic acids is 1. The van der Waals surface area contributed by atoms with Gasteiger partial charge in [-0.25, -0.2) is 4.98 Å². The number of carboxylic acids is 1. The van der Waals surface area contributed by atoms with E-state index in [4.69, 9.17) is 5.73 Å². The number of carbonyl (C=O) groups excluding carboxylic acids is 17. The molecule has 0 aliphatic carbocycles. The molecule has 20 N–H and O–H groups in total. The number of nitrogens with zero attached hydrogens (tertiary/aromatic N) is 6. The minimum Gasteiger partial charge on any atom is -0.508 e. The fourth-order valence-electron chi connectivity index (χ4n) is 16.2. The van der Waals surface area contributed by atoms with Gasteiger partial charge in [-0.05, 0) is 93.3 Å². The van der Waals surface area contributed by atoms with Crippen LogP contribution in [0, 0.1) is 0 Å². The molecule has 133 heavy (non-hydrogen) atoms. The number of aromatic nitrogens is 4. The van der Waals surface area contributed by atoms with Gasteiger partial charge in [0.2, 0.25) is 100 Å². The lowest BCUT2D eigenvalue weighted by atomic mass is 10.00. The van der Waals surface area contributed by atoms with Gasteiger partial charge in [0.25, 0.3) is 0 Å². The van der Waals surface area contributed by atoms with E-state index in [1.807, 2.05) is 13.8 Å². The van der Waals surface area contributed by atoms with Crippen LogP contribution in [0.2, 0.25) is 0 Å².